The number of ketones is 1. The number of nitrogens with zero attached hydrogens (tertiary/aromatic N) is 2. The molecule has 0 amide bonds. The number of aromatic nitrogens is 2. The second-order valence-electron chi connectivity index (χ2n) is 5.55. The van der Waals surface area contributed by atoms with Gasteiger partial charge in [0.1, 0.15) is 18.1 Å². The highest BCUT2D eigenvalue weighted by molar-refractivity contribution is 5.94. The van der Waals surface area contributed by atoms with Crippen LogP contribution in [0.3, 0.4) is 0 Å². The average Bonchev–Trinajstić information content (AvgIpc) is 3.16. The molecule has 0 N–H and O–H groups in total. The normalized spacial score (nSPS) is 10.5. The minimum absolute atomic E-state index is 0.0185. The summed E-state index contributed by atoms with van der Waals surface area (Å²) < 4.78 is 13.3. The fourth-order valence-corrected chi connectivity index (χ4v) is 2.51. The van der Waals surface area contributed by atoms with E-state index < -0.39 is 0 Å². The van der Waals surface area contributed by atoms with Gasteiger partial charge in [0.05, 0.1) is 12.3 Å². The maximum absolute atomic E-state index is 11.6. The third-order valence-electron chi connectivity index (χ3n) is 3.75. The van der Waals surface area contributed by atoms with Crippen molar-refractivity contribution in [3.63, 3.8) is 0 Å². The van der Waals surface area contributed by atoms with Crippen LogP contribution < -0.4 is 9.47 Å². The van der Waals surface area contributed by atoms with Crippen LogP contribution in [0, 0.1) is 0 Å². The van der Waals surface area contributed by atoms with Gasteiger partial charge in [0.15, 0.2) is 5.78 Å². The molecule has 0 saturated carbocycles. The zero-order valence-electron chi connectivity index (χ0n) is 14.3. The van der Waals surface area contributed by atoms with Crippen LogP contribution in [0.25, 0.3) is 5.69 Å². The standard InChI is InChI=1S/C20H20N2O3/c1-3-24-20-9-8-16(15(2)23)12-17(20)14-25-19-7-4-6-18(13-19)22-11-5-10-21-22/h4-13H,3,14H2,1-2H3. The molecule has 25 heavy (non-hydrogen) atoms. The van der Waals surface area contributed by atoms with Crippen molar-refractivity contribution >= 4 is 5.78 Å². The van der Waals surface area contributed by atoms with Gasteiger partial charge in [-0.3, -0.25) is 4.79 Å². The molecule has 0 atom stereocenters. The largest absolute Gasteiger partial charge is 0.493 e. The number of benzene rings is 2. The summed E-state index contributed by atoms with van der Waals surface area (Å²) in [6.45, 7) is 4.35. The van der Waals surface area contributed by atoms with Gasteiger partial charge < -0.3 is 9.47 Å². The fraction of sp³-hybridized carbons (Fsp3) is 0.200. The average molecular weight is 336 g/mol. The van der Waals surface area contributed by atoms with Gasteiger partial charge in [-0.25, -0.2) is 4.68 Å². The van der Waals surface area contributed by atoms with Crippen LogP contribution >= 0.6 is 0 Å². The number of ether oxygens (including phenoxy) is 2. The summed E-state index contributed by atoms with van der Waals surface area (Å²) in [4.78, 5) is 11.6. The highest BCUT2D eigenvalue weighted by Gasteiger charge is 2.09. The summed E-state index contributed by atoms with van der Waals surface area (Å²) in [5.41, 5.74) is 2.41. The fourth-order valence-electron chi connectivity index (χ4n) is 2.51. The molecular formula is C20H20N2O3. The van der Waals surface area contributed by atoms with Crippen molar-refractivity contribution in [2.75, 3.05) is 6.61 Å². The van der Waals surface area contributed by atoms with Gasteiger partial charge in [-0.05, 0) is 50.2 Å². The second-order valence-corrected chi connectivity index (χ2v) is 5.55. The van der Waals surface area contributed by atoms with Crippen LogP contribution in [0.1, 0.15) is 29.8 Å². The minimum atomic E-state index is 0.0185. The molecule has 0 aliphatic heterocycles. The van der Waals surface area contributed by atoms with E-state index in [1.165, 1.54) is 0 Å². The third kappa shape index (κ3) is 4.07. The maximum atomic E-state index is 11.6. The molecule has 0 unspecified atom stereocenters. The van der Waals surface area contributed by atoms with E-state index in [2.05, 4.69) is 5.10 Å². The Hall–Kier alpha value is -3.08. The van der Waals surface area contributed by atoms with E-state index in [0.29, 0.717) is 18.8 Å². The molecule has 2 aromatic carbocycles. The lowest BCUT2D eigenvalue weighted by atomic mass is 10.1. The quantitative estimate of drug-likeness (QED) is 0.611. The number of rotatable bonds is 7. The summed E-state index contributed by atoms with van der Waals surface area (Å²) >= 11 is 0. The molecule has 0 saturated heterocycles. The van der Waals surface area contributed by atoms with Crippen molar-refractivity contribution in [3.05, 3.63) is 72.1 Å². The van der Waals surface area contributed by atoms with Gasteiger partial charge >= 0.3 is 0 Å². The van der Waals surface area contributed by atoms with Crippen molar-refractivity contribution in [1.29, 1.82) is 0 Å². The third-order valence-corrected chi connectivity index (χ3v) is 3.75. The first-order chi connectivity index (χ1) is 12.2. The molecule has 1 heterocycles. The molecule has 0 bridgehead atoms. The Kier molecular flexibility index (Phi) is 5.14. The van der Waals surface area contributed by atoms with E-state index in [1.54, 1.807) is 23.9 Å². The molecule has 1 aromatic heterocycles. The monoisotopic (exact) mass is 336 g/mol. The number of carbonyl (C=O) groups excluding carboxylic acids is 1. The molecule has 0 spiro atoms. The predicted octanol–water partition coefficient (Wildman–Crippen LogP) is 4.05. The van der Waals surface area contributed by atoms with Gasteiger partial charge in [-0.15, -0.1) is 0 Å². The molecule has 3 rings (SSSR count). The maximum Gasteiger partial charge on any atom is 0.159 e. The van der Waals surface area contributed by atoms with E-state index in [9.17, 15) is 4.79 Å². The summed E-state index contributed by atoms with van der Waals surface area (Å²) in [5, 5.41) is 4.22. The lowest BCUT2D eigenvalue weighted by Gasteiger charge is -2.13. The summed E-state index contributed by atoms with van der Waals surface area (Å²) in [5.74, 6) is 1.48. The van der Waals surface area contributed by atoms with Crippen LogP contribution in [-0.2, 0) is 6.61 Å². The van der Waals surface area contributed by atoms with E-state index in [1.807, 2.05) is 55.6 Å². The highest BCUT2D eigenvalue weighted by Crippen LogP contribution is 2.24. The number of carbonyl (C=O) groups is 1. The first kappa shape index (κ1) is 16.8. The summed E-state index contributed by atoms with van der Waals surface area (Å²) in [6, 6.07) is 15.0. The zero-order valence-corrected chi connectivity index (χ0v) is 14.3. The van der Waals surface area contributed by atoms with E-state index >= 15 is 0 Å². The van der Waals surface area contributed by atoms with E-state index in [4.69, 9.17) is 9.47 Å². The van der Waals surface area contributed by atoms with E-state index in [0.717, 1.165) is 22.7 Å². The molecular weight excluding hydrogens is 316 g/mol. The topological polar surface area (TPSA) is 53.4 Å². The van der Waals surface area contributed by atoms with Crippen LogP contribution in [0.15, 0.2) is 60.9 Å². The summed E-state index contributed by atoms with van der Waals surface area (Å²) in [7, 11) is 0. The number of hydrogen-bond donors (Lipinski definition) is 0. The molecule has 5 nitrogen and oxygen atoms in total. The Bertz CT molecular complexity index is 857. The first-order valence-corrected chi connectivity index (χ1v) is 8.17. The van der Waals surface area contributed by atoms with Gasteiger partial charge in [-0.1, -0.05) is 6.07 Å². The molecule has 3 aromatic rings. The van der Waals surface area contributed by atoms with Gasteiger partial charge in [0, 0.05) is 29.6 Å². The van der Waals surface area contributed by atoms with Gasteiger partial charge in [0.25, 0.3) is 0 Å². The van der Waals surface area contributed by atoms with Crippen LogP contribution in [0.2, 0.25) is 0 Å². The van der Waals surface area contributed by atoms with Crippen LogP contribution in [-0.4, -0.2) is 22.2 Å². The lowest BCUT2D eigenvalue weighted by molar-refractivity contribution is 0.101. The second kappa shape index (κ2) is 7.66. The zero-order chi connectivity index (χ0) is 17.6. The molecule has 5 heteroatoms. The Morgan fingerprint density at radius 2 is 2.00 bits per heavy atom. The van der Waals surface area contributed by atoms with Crippen molar-refractivity contribution in [2.24, 2.45) is 0 Å². The van der Waals surface area contributed by atoms with E-state index in [-0.39, 0.29) is 5.78 Å². The molecule has 0 aliphatic carbocycles. The van der Waals surface area contributed by atoms with Crippen molar-refractivity contribution in [2.45, 2.75) is 20.5 Å². The molecule has 128 valence electrons. The molecule has 0 aliphatic rings. The summed E-state index contributed by atoms with van der Waals surface area (Å²) in [6.07, 6.45) is 3.61. The van der Waals surface area contributed by atoms with Crippen LogP contribution in [0.4, 0.5) is 0 Å². The SMILES string of the molecule is CCOc1ccc(C(C)=O)cc1COc1cccc(-n2cccn2)c1. The highest BCUT2D eigenvalue weighted by atomic mass is 16.5. The lowest BCUT2D eigenvalue weighted by Crippen LogP contribution is -2.04. The Labute approximate surface area is 146 Å². The molecule has 0 radical (unpaired) electrons. The smallest absolute Gasteiger partial charge is 0.159 e. The Morgan fingerprint density at radius 1 is 1.12 bits per heavy atom. The number of Topliss-reactive ketones (excluding diaryl/α,β-unsaturated/α-hetero) is 1. The van der Waals surface area contributed by atoms with Gasteiger partial charge in [-0.2, -0.15) is 5.10 Å². The van der Waals surface area contributed by atoms with Gasteiger partial charge in [0.2, 0.25) is 0 Å². The predicted molar refractivity (Wildman–Crippen MR) is 95.5 cm³/mol. The molecule has 0 fully saturated rings. The Balaban J connectivity index is 1.80. The van der Waals surface area contributed by atoms with Crippen molar-refractivity contribution in [1.82, 2.24) is 9.78 Å². The van der Waals surface area contributed by atoms with Crippen molar-refractivity contribution in [3.8, 4) is 17.2 Å². The first-order valence-electron chi connectivity index (χ1n) is 8.17. The van der Waals surface area contributed by atoms with Crippen molar-refractivity contribution < 1.29 is 14.3 Å². The Morgan fingerprint density at radius 3 is 2.72 bits per heavy atom. The minimum Gasteiger partial charge on any atom is -0.493 e. The van der Waals surface area contributed by atoms with Crippen LogP contribution in [0.5, 0.6) is 11.5 Å². The number of hydrogen-bond acceptors (Lipinski definition) is 4.